The molecule has 0 N–H and O–H groups in total. The zero-order valence-electron chi connectivity index (χ0n) is 11.5. The number of hydrogen-bond acceptors (Lipinski definition) is 6. The Morgan fingerprint density at radius 3 is 2.25 bits per heavy atom. The highest BCUT2D eigenvalue weighted by atomic mass is 32.1. The van der Waals surface area contributed by atoms with Gasteiger partial charge in [0, 0.05) is 23.1 Å². The topological polar surface area (TPSA) is 57.7 Å². The average molecular weight is 293 g/mol. The summed E-state index contributed by atoms with van der Waals surface area (Å²) >= 11 is 1.45. The number of methoxy groups -OCH3 is 3. The van der Waals surface area contributed by atoms with Crippen molar-refractivity contribution in [3.63, 3.8) is 0 Å². The molecule has 0 saturated carbocycles. The molecule has 20 heavy (non-hydrogen) atoms. The van der Waals surface area contributed by atoms with Gasteiger partial charge in [-0.1, -0.05) is 0 Å². The molecule has 0 radical (unpaired) electrons. The minimum absolute atomic E-state index is 0.0199. The van der Waals surface area contributed by atoms with Crippen molar-refractivity contribution in [2.75, 3.05) is 21.3 Å². The monoisotopic (exact) mass is 293 g/mol. The van der Waals surface area contributed by atoms with Gasteiger partial charge in [-0.15, -0.1) is 11.3 Å². The second-order valence-corrected chi connectivity index (χ2v) is 4.95. The first kappa shape index (κ1) is 14.3. The Bertz CT molecular complexity index is 570. The Balaban J connectivity index is 2.34. The van der Waals surface area contributed by atoms with E-state index in [1.807, 2.05) is 0 Å². The molecule has 0 unspecified atom stereocenters. The molecule has 0 aliphatic carbocycles. The van der Waals surface area contributed by atoms with Crippen LogP contribution in [0.2, 0.25) is 0 Å². The van der Waals surface area contributed by atoms with Crippen molar-refractivity contribution in [2.24, 2.45) is 0 Å². The Labute approximate surface area is 121 Å². The second-order valence-electron chi connectivity index (χ2n) is 3.98. The summed E-state index contributed by atoms with van der Waals surface area (Å²) in [6.07, 6.45) is 2.00. The molecule has 0 saturated heterocycles. The van der Waals surface area contributed by atoms with Gasteiger partial charge in [-0.3, -0.25) is 9.78 Å². The smallest absolute Gasteiger partial charge is 0.203 e. The maximum absolute atomic E-state index is 12.3. The molecule has 2 rings (SSSR count). The third kappa shape index (κ3) is 2.91. The molecule has 0 fully saturated rings. The third-order valence-electron chi connectivity index (χ3n) is 2.80. The molecule has 0 bridgehead atoms. The lowest BCUT2D eigenvalue weighted by atomic mass is 10.1. The van der Waals surface area contributed by atoms with E-state index in [4.69, 9.17) is 14.2 Å². The van der Waals surface area contributed by atoms with Gasteiger partial charge < -0.3 is 14.2 Å². The summed E-state index contributed by atoms with van der Waals surface area (Å²) in [5.41, 5.74) is 2.23. The highest BCUT2D eigenvalue weighted by molar-refractivity contribution is 7.09. The van der Waals surface area contributed by atoms with Crippen LogP contribution in [0.3, 0.4) is 0 Å². The van der Waals surface area contributed by atoms with E-state index in [2.05, 4.69) is 4.98 Å². The lowest BCUT2D eigenvalue weighted by molar-refractivity contribution is 0.0993. The van der Waals surface area contributed by atoms with Gasteiger partial charge in [-0.25, -0.2) is 0 Å². The summed E-state index contributed by atoms with van der Waals surface area (Å²) < 4.78 is 15.7. The summed E-state index contributed by atoms with van der Waals surface area (Å²) in [4.78, 5) is 17.2. The fourth-order valence-electron chi connectivity index (χ4n) is 1.83. The van der Waals surface area contributed by atoms with Crippen molar-refractivity contribution in [2.45, 2.75) is 6.42 Å². The molecule has 1 heterocycles. The number of ether oxygens (including phenoxy) is 3. The number of Topliss-reactive ketones (excluding diaryl/α,β-unsaturated/α-hetero) is 1. The van der Waals surface area contributed by atoms with E-state index < -0.39 is 0 Å². The average Bonchev–Trinajstić information content (AvgIpc) is 2.98. The van der Waals surface area contributed by atoms with Gasteiger partial charge in [-0.2, -0.15) is 0 Å². The number of carbonyl (C=O) groups is 1. The standard InChI is InChI=1S/C14H15NO4S/c1-17-12-4-9(5-13(18-2)14(12)19-3)11(16)6-10-7-15-8-20-10/h4-5,7-8H,6H2,1-3H3. The molecule has 106 valence electrons. The van der Waals surface area contributed by atoms with E-state index >= 15 is 0 Å². The summed E-state index contributed by atoms with van der Waals surface area (Å²) in [7, 11) is 4.57. The van der Waals surface area contributed by atoms with Crippen molar-refractivity contribution >= 4 is 17.1 Å². The lowest BCUT2D eigenvalue weighted by Crippen LogP contribution is -2.04. The molecular weight excluding hydrogens is 278 g/mol. The fourth-order valence-corrected chi connectivity index (χ4v) is 2.43. The number of aromatic nitrogens is 1. The predicted molar refractivity (Wildman–Crippen MR) is 76.2 cm³/mol. The highest BCUT2D eigenvalue weighted by Gasteiger charge is 2.17. The van der Waals surface area contributed by atoms with Crippen LogP contribution in [0.4, 0.5) is 0 Å². The van der Waals surface area contributed by atoms with Crippen LogP contribution in [-0.4, -0.2) is 32.1 Å². The number of benzene rings is 1. The molecule has 5 nitrogen and oxygen atoms in total. The van der Waals surface area contributed by atoms with Gasteiger partial charge in [0.1, 0.15) is 0 Å². The van der Waals surface area contributed by atoms with Gasteiger partial charge in [-0.05, 0) is 12.1 Å². The molecule has 1 aromatic heterocycles. The van der Waals surface area contributed by atoms with Crippen molar-refractivity contribution in [1.82, 2.24) is 4.98 Å². The van der Waals surface area contributed by atoms with Crippen LogP contribution >= 0.6 is 11.3 Å². The van der Waals surface area contributed by atoms with Gasteiger partial charge in [0.05, 0.1) is 26.8 Å². The normalized spacial score (nSPS) is 10.2. The molecule has 1 aromatic carbocycles. The van der Waals surface area contributed by atoms with Crippen LogP contribution in [0.25, 0.3) is 0 Å². The first-order chi connectivity index (χ1) is 9.69. The molecule has 0 atom stereocenters. The molecule has 0 spiro atoms. The molecule has 0 aliphatic heterocycles. The second kappa shape index (κ2) is 6.38. The van der Waals surface area contributed by atoms with Crippen molar-refractivity contribution < 1.29 is 19.0 Å². The minimum Gasteiger partial charge on any atom is -0.493 e. The summed E-state index contributed by atoms with van der Waals surface area (Å²) in [5, 5.41) is 0. The van der Waals surface area contributed by atoms with E-state index in [1.54, 1.807) is 23.8 Å². The van der Waals surface area contributed by atoms with Gasteiger partial charge >= 0.3 is 0 Å². The van der Waals surface area contributed by atoms with Crippen LogP contribution in [0, 0.1) is 0 Å². The Kier molecular flexibility index (Phi) is 4.57. The van der Waals surface area contributed by atoms with E-state index in [1.165, 1.54) is 32.7 Å². The molecule has 0 aliphatic rings. The van der Waals surface area contributed by atoms with E-state index in [0.717, 1.165) is 4.88 Å². The summed E-state index contributed by atoms with van der Waals surface area (Å²) in [5.74, 6) is 1.40. The van der Waals surface area contributed by atoms with Crippen LogP contribution < -0.4 is 14.2 Å². The lowest BCUT2D eigenvalue weighted by Gasteiger charge is -2.13. The summed E-state index contributed by atoms with van der Waals surface area (Å²) in [6, 6.07) is 3.31. The van der Waals surface area contributed by atoms with Crippen molar-refractivity contribution in [3.8, 4) is 17.2 Å². The number of nitrogens with zero attached hydrogens (tertiary/aromatic N) is 1. The largest absolute Gasteiger partial charge is 0.493 e. The first-order valence-corrected chi connectivity index (χ1v) is 6.78. The van der Waals surface area contributed by atoms with E-state index in [9.17, 15) is 4.79 Å². The number of rotatable bonds is 6. The van der Waals surface area contributed by atoms with Gasteiger partial charge in [0.25, 0.3) is 0 Å². The molecular formula is C14H15NO4S. The SMILES string of the molecule is COc1cc(C(=O)Cc2cncs2)cc(OC)c1OC. The first-order valence-electron chi connectivity index (χ1n) is 5.90. The molecule has 6 heteroatoms. The van der Waals surface area contributed by atoms with Crippen molar-refractivity contribution in [3.05, 3.63) is 34.3 Å². The minimum atomic E-state index is -0.0199. The zero-order chi connectivity index (χ0) is 14.5. The predicted octanol–water partition coefficient (Wildman–Crippen LogP) is 2.59. The molecule has 2 aromatic rings. The number of hydrogen-bond donors (Lipinski definition) is 0. The zero-order valence-corrected chi connectivity index (χ0v) is 12.3. The Morgan fingerprint density at radius 2 is 1.80 bits per heavy atom. The highest BCUT2D eigenvalue weighted by Crippen LogP contribution is 2.38. The van der Waals surface area contributed by atoms with Crippen LogP contribution in [0.15, 0.2) is 23.8 Å². The summed E-state index contributed by atoms with van der Waals surface area (Å²) in [6.45, 7) is 0. The maximum atomic E-state index is 12.3. The quantitative estimate of drug-likeness (QED) is 0.766. The Hall–Kier alpha value is -2.08. The fraction of sp³-hybridized carbons (Fsp3) is 0.286. The third-order valence-corrected chi connectivity index (χ3v) is 3.58. The number of ketones is 1. The van der Waals surface area contributed by atoms with Crippen LogP contribution in [0.1, 0.15) is 15.2 Å². The van der Waals surface area contributed by atoms with Gasteiger partial charge in [0.2, 0.25) is 5.75 Å². The van der Waals surface area contributed by atoms with Crippen molar-refractivity contribution in [1.29, 1.82) is 0 Å². The van der Waals surface area contributed by atoms with Crippen LogP contribution in [0.5, 0.6) is 17.2 Å². The maximum Gasteiger partial charge on any atom is 0.203 e. The number of carbonyl (C=O) groups excluding carboxylic acids is 1. The van der Waals surface area contributed by atoms with E-state index in [0.29, 0.717) is 29.2 Å². The number of thiazole rings is 1. The molecule has 0 amide bonds. The van der Waals surface area contributed by atoms with Crippen LogP contribution in [-0.2, 0) is 6.42 Å². The van der Waals surface area contributed by atoms with E-state index in [-0.39, 0.29) is 5.78 Å². The Morgan fingerprint density at radius 1 is 1.15 bits per heavy atom. The van der Waals surface area contributed by atoms with Gasteiger partial charge in [0.15, 0.2) is 17.3 Å².